The van der Waals surface area contributed by atoms with Crippen molar-refractivity contribution in [3.63, 3.8) is 0 Å². The molecule has 5 aliphatic carbocycles. The second-order valence-corrected chi connectivity index (χ2v) is 5.42. The lowest BCUT2D eigenvalue weighted by molar-refractivity contribution is 0.0536. The standard InChI is InChI=1S/C15H8F2N2/c16-15(17)13-5-1-2-6-14(13,15)12-4-3-11(13)9(7-18)10(12)8-19/h1-6,11-12H. The fraction of sp³-hybridized carbons (Fsp3) is 0.333. The van der Waals surface area contributed by atoms with E-state index >= 15 is 0 Å². The Balaban J connectivity index is 2.08. The molecule has 0 radical (unpaired) electrons. The normalized spacial score (nSPS) is 46.3. The highest BCUT2D eigenvalue weighted by Gasteiger charge is 2.95. The third-order valence-electron chi connectivity index (χ3n) is 5.12. The maximum absolute atomic E-state index is 14.6. The Morgan fingerprint density at radius 3 is 1.68 bits per heavy atom. The molecule has 4 atom stereocenters. The molecule has 0 aromatic rings. The number of allylic oxidation sites excluding steroid dienone is 8. The van der Waals surface area contributed by atoms with Crippen molar-refractivity contribution in [1.82, 2.24) is 0 Å². The number of alkyl halides is 2. The molecule has 0 aliphatic heterocycles. The average molecular weight is 254 g/mol. The highest BCUT2D eigenvalue weighted by atomic mass is 19.3. The summed E-state index contributed by atoms with van der Waals surface area (Å²) in [6, 6.07) is 3.94. The number of hydrogen-bond acceptors (Lipinski definition) is 2. The number of rotatable bonds is 0. The van der Waals surface area contributed by atoms with Crippen LogP contribution in [0.1, 0.15) is 0 Å². The average Bonchev–Trinajstić information content (AvgIpc) is 2.93. The van der Waals surface area contributed by atoms with Crippen molar-refractivity contribution in [2.75, 3.05) is 0 Å². The van der Waals surface area contributed by atoms with Gasteiger partial charge in [0.15, 0.2) is 0 Å². The van der Waals surface area contributed by atoms with E-state index in [1.54, 1.807) is 24.3 Å². The smallest absolute Gasteiger partial charge is 0.205 e. The van der Waals surface area contributed by atoms with Crippen molar-refractivity contribution in [1.29, 1.82) is 10.5 Å². The topological polar surface area (TPSA) is 47.6 Å². The molecule has 0 amide bonds. The highest BCUT2D eigenvalue weighted by molar-refractivity contribution is 5.65. The van der Waals surface area contributed by atoms with Crippen LogP contribution in [0.4, 0.5) is 8.78 Å². The summed E-state index contributed by atoms with van der Waals surface area (Å²) >= 11 is 0. The quantitative estimate of drug-likeness (QED) is 0.624. The largest absolute Gasteiger partial charge is 0.269 e. The van der Waals surface area contributed by atoms with Crippen molar-refractivity contribution in [2.45, 2.75) is 5.92 Å². The second-order valence-electron chi connectivity index (χ2n) is 5.42. The molecular weight excluding hydrogens is 246 g/mol. The summed E-state index contributed by atoms with van der Waals surface area (Å²) in [6.07, 6.45) is 9.64. The van der Waals surface area contributed by atoms with Crippen LogP contribution in [0.5, 0.6) is 0 Å². The van der Waals surface area contributed by atoms with E-state index in [2.05, 4.69) is 0 Å². The Morgan fingerprint density at radius 2 is 1.32 bits per heavy atom. The fourth-order valence-electron chi connectivity index (χ4n) is 4.36. The molecule has 5 rings (SSSR count). The molecule has 1 fully saturated rings. The molecule has 4 heteroatoms. The highest BCUT2D eigenvalue weighted by Crippen LogP contribution is 2.88. The van der Waals surface area contributed by atoms with Crippen LogP contribution in [0.3, 0.4) is 0 Å². The van der Waals surface area contributed by atoms with E-state index in [1.807, 2.05) is 12.1 Å². The molecule has 0 N–H and O–H groups in total. The Hall–Kier alpha value is -2.20. The first-order valence-electron chi connectivity index (χ1n) is 6.06. The van der Waals surface area contributed by atoms with Crippen molar-refractivity contribution in [3.05, 3.63) is 47.6 Å². The minimum Gasteiger partial charge on any atom is -0.205 e. The van der Waals surface area contributed by atoms with Crippen LogP contribution in [0.25, 0.3) is 0 Å². The maximum Gasteiger partial charge on any atom is 0.269 e. The van der Waals surface area contributed by atoms with Gasteiger partial charge >= 0.3 is 0 Å². The summed E-state index contributed by atoms with van der Waals surface area (Å²) in [5.41, 5.74) is -2.25. The van der Waals surface area contributed by atoms with Gasteiger partial charge in [0.05, 0.1) is 34.1 Å². The lowest BCUT2D eigenvalue weighted by Crippen LogP contribution is -2.37. The molecule has 2 nitrogen and oxygen atoms in total. The summed E-state index contributed by atoms with van der Waals surface area (Å²) < 4.78 is 29.2. The van der Waals surface area contributed by atoms with E-state index < -0.39 is 28.6 Å². The van der Waals surface area contributed by atoms with Crippen LogP contribution in [0.2, 0.25) is 0 Å². The van der Waals surface area contributed by atoms with Gasteiger partial charge in [0, 0.05) is 11.8 Å². The number of nitriles is 2. The van der Waals surface area contributed by atoms with Crippen molar-refractivity contribution in [3.8, 4) is 12.1 Å². The second kappa shape index (κ2) is 2.70. The zero-order chi connectivity index (χ0) is 13.5. The fourth-order valence-corrected chi connectivity index (χ4v) is 4.36. The molecule has 0 aromatic carbocycles. The van der Waals surface area contributed by atoms with Gasteiger partial charge in [-0.3, -0.25) is 0 Å². The summed E-state index contributed by atoms with van der Waals surface area (Å²) in [4.78, 5) is 0. The number of halogens is 2. The Labute approximate surface area is 108 Å². The molecular formula is C15H8F2N2. The van der Waals surface area contributed by atoms with Crippen LogP contribution in [0, 0.1) is 45.3 Å². The van der Waals surface area contributed by atoms with Gasteiger partial charge in [0.2, 0.25) is 0 Å². The third-order valence-corrected chi connectivity index (χ3v) is 5.12. The molecule has 4 unspecified atom stereocenters. The Kier molecular flexibility index (Phi) is 1.52. The Bertz CT molecular complexity index is 655. The number of hydrogen-bond donors (Lipinski definition) is 0. The van der Waals surface area contributed by atoms with Crippen LogP contribution in [0.15, 0.2) is 47.6 Å². The third kappa shape index (κ3) is 0.717. The molecule has 5 aliphatic rings. The summed E-state index contributed by atoms with van der Waals surface area (Å²) in [6.45, 7) is 0. The summed E-state index contributed by atoms with van der Waals surface area (Å²) in [7, 11) is 0. The van der Waals surface area contributed by atoms with Gasteiger partial charge in [-0.05, 0) is 0 Å². The van der Waals surface area contributed by atoms with E-state index in [0.717, 1.165) is 0 Å². The van der Waals surface area contributed by atoms with Crippen molar-refractivity contribution in [2.24, 2.45) is 22.7 Å². The van der Waals surface area contributed by atoms with E-state index in [4.69, 9.17) is 0 Å². The molecule has 0 saturated heterocycles. The predicted octanol–water partition coefficient (Wildman–Crippen LogP) is 2.89. The first-order valence-corrected chi connectivity index (χ1v) is 6.06. The molecule has 92 valence electrons. The minimum absolute atomic E-state index is 0.211. The molecule has 1 saturated carbocycles. The van der Waals surface area contributed by atoms with E-state index in [9.17, 15) is 19.3 Å². The number of nitrogens with zero attached hydrogens (tertiary/aromatic N) is 2. The lowest BCUT2D eigenvalue weighted by Gasteiger charge is -2.39. The van der Waals surface area contributed by atoms with Gasteiger partial charge in [-0.1, -0.05) is 36.5 Å². The molecule has 19 heavy (non-hydrogen) atoms. The molecule has 0 spiro atoms. The van der Waals surface area contributed by atoms with E-state index in [-0.39, 0.29) is 11.1 Å². The van der Waals surface area contributed by atoms with Crippen LogP contribution in [-0.4, -0.2) is 5.92 Å². The van der Waals surface area contributed by atoms with Crippen LogP contribution in [-0.2, 0) is 0 Å². The summed E-state index contributed by atoms with van der Waals surface area (Å²) in [5, 5.41) is 18.5. The first-order chi connectivity index (χ1) is 9.08. The van der Waals surface area contributed by atoms with Crippen LogP contribution >= 0.6 is 0 Å². The molecule has 2 bridgehead atoms. The van der Waals surface area contributed by atoms with Gasteiger partial charge in [-0.15, -0.1) is 0 Å². The zero-order valence-electron chi connectivity index (χ0n) is 9.77. The van der Waals surface area contributed by atoms with E-state index in [0.29, 0.717) is 0 Å². The van der Waals surface area contributed by atoms with E-state index in [1.165, 1.54) is 12.2 Å². The molecule has 0 aromatic heterocycles. The lowest BCUT2D eigenvalue weighted by atomic mass is 9.59. The zero-order valence-corrected chi connectivity index (χ0v) is 9.77. The summed E-state index contributed by atoms with van der Waals surface area (Å²) in [5.74, 6) is -4.29. The van der Waals surface area contributed by atoms with Gasteiger partial charge in [0.25, 0.3) is 5.92 Å². The van der Waals surface area contributed by atoms with Gasteiger partial charge in [0.1, 0.15) is 0 Å². The monoisotopic (exact) mass is 254 g/mol. The van der Waals surface area contributed by atoms with Crippen molar-refractivity contribution < 1.29 is 8.78 Å². The predicted molar refractivity (Wildman–Crippen MR) is 62.5 cm³/mol. The Morgan fingerprint density at radius 1 is 0.895 bits per heavy atom. The van der Waals surface area contributed by atoms with Gasteiger partial charge in [-0.2, -0.15) is 10.5 Å². The molecule has 0 heterocycles. The first kappa shape index (κ1) is 10.7. The van der Waals surface area contributed by atoms with Gasteiger partial charge in [-0.25, -0.2) is 8.78 Å². The SMILES string of the molecule is N#CC1=C(C#N)C2C=CC1C13C=CC=CC21C3(F)F. The van der Waals surface area contributed by atoms with Crippen LogP contribution < -0.4 is 0 Å². The maximum atomic E-state index is 14.6. The van der Waals surface area contributed by atoms with Gasteiger partial charge < -0.3 is 0 Å². The minimum atomic E-state index is -2.91. The van der Waals surface area contributed by atoms with Crippen molar-refractivity contribution >= 4 is 0 Å².